The molecular formula is C33H36F3N9O4. The van der Waals surface area contributed by atoms with Crippen molar-refractivity contribution in [3.05, 3.63) is 81.1 Å². The van der Waals surface area contributed by atoms with E-state index in [2.05, 4.69) is 25.4 Å². The van der Waals surface area contributed by atoms with Crippen LogP contribution in [0.1, 0.15) is 65.6 Å². The number of hydrogen-bond donors (Lipinski definition) is 1. The first-order valence-electron chi connectivity index (χ1n) is 16.2. The van der Waals surface area contributed by atoms with Crippen molar-refractivity contribution in [1.82, 2.24) is 34.0 Å². The first kappa shape index (κ1) is 33.6. The third-order valence-electron chi connectivity index (χ3n) is 8.63. The molecule has 0 aliphatic carbocycles. The van der Waals surface area contributed by atoms with Gasteiger partial charge in [-0.3, -0.25) is 19.4 Å². The lowest BCUT2D eigenvalue weighted by Crippen LogP contribution is -2.51. The topological polar surface area (TPSA) is 140 Å². The zero-order valence-electron chi connectivity index (χ0n) is 27.4. The van der Waals surface area contributed by atoms with Crippen LogP contribution in [0.3, 0.4) is 0 Å². The second-order valence-corrected chi connectivity index (χ2v) is 11.8. The van der Waals surface area contributed by atoms with Crippen molar-refractivity contribution in [1.29, 1.82) is 0 Å². The molecule has 1 N–H and O–H groups in total. The highest BCUT2D eigenvalue weighted by Gasteiger charge is 2.33. The Balaban J connectivity index is 1.34. The highest BCUT2D eigenvalue weighted by Crippen LogP contribution is 2.29. The van der Waals surface area contributed by atoms with E-state index < -0.39 is 23.3 Å². The van der Waals surface area contributed by atoms with E-state index in [-0.39, 0.29) is 35.4 Å². The number of carbonyl (C=O) groups is 2. The third kappa shape index (κ3) is 6.71. The van der Waals surface area contributed by atoms with Gasteiger partial charge in [-0.05, 0) is 62.4 Å². The first-order valence-corrected chi connectivity index (χ1v) is 16.2. The zero-order valence-corrected chi connectivity index (χ0v) is 27.4. The highest BCUT2D eigenvalue weighted by molar-refractivity contribution is 5.94. The van der Waals surface area contributed by atoms with E-state index in [0.717, 1.165) is 35.1 Å². The maximum Gasteiger partial charge on any atom is 0.433 e. The standard InChI is InChI=1S/C33H36F3N9O4/c1-4-21-9-8-13-37-27(21)30(47)43-16-14-42(15-17-43)28-23(5-2)44(19-26(46)39-22-11-12-25(33(34,35)36)38-20(22)3)32-40-29(41-45(32)31(28)48)24-10-6-7-18-49-24/h8-13H,4-7,14-19H2,1-3H3,(H,39,46). The fourth-order valence-electron chi connectivity index (χ4n) is 6.13. The van der Waals surface area contributed by atoms with E-state index in [0.29, 0.717) is 68.5 Å². The van der Waals surface area contributed by atoms with Crippen LogP contribution in [0.2, 0.25) is 0 Å². The van der Waals surface area contributed by atoms with Crippen molar-refractivity contribution < 1.29 is 27.5 Å². The number of piperazine rings is 1. The fraction of sp³-hybridized carbons (Fsp3) is 0.424. The molecule has 0 aromatic carbocycles. The monoisotopic (exact) mass is 679 g/mol. The summed E-state index contributed by atoms with van der Waals surface area (Å²) in [5, 5.41) is 7.15. The number of rotatable bonds is 8. The van der Waals surface area contributed by atoms with Crippen molar-refractivity contribution in [2.24, 2.45) is 0 Å². The van der Waals surface area contributed by atoms with E-state index in [9.17, 15) is 27.6 Å². The molecule has 0 saturated carbocycles. The number of pyridine rings is 2. The van der Waals surface area contributed by atoms with Crippen LogP contribution in [0.15, 0.2) is 41.3 Å². The smallest absolute Gasteiger partial charge is 0.433 e. The number of fused-ring (bicyclic) bond motifs is 1. The van der Waals surface area contributed by atoms with Crippen molar-refractivity contribution >= 4 is 34.7 Å². The molecule has 2 amide bonds. The maximum absolute atomic E-state index is 14.2. The van der Waals surface area contributed by atoms with Gasteiger partial charge in [0.2, 0.25) is 17.5 Å². The molecule has 16 heteroatoms. The summed E-state index contributed by atoms with van der Waals surface area (Å²) in [7, 11) is 0. The summed E-state index contributed by atoms with van der Waals surface area (Å²) in [6.07, 6.45) is 1.41. The lowest BCUT2D eigenvalue weighted by molar-refractivity contribution is -0.141. The number of nitrogens with one attached hydrogen (secondary N) is 1. The van der Waals surface area contributed by atoms with E-state index in [1.54, 1.807) is 21.7 Å². The third-order valence-corrected chi connectivity index (χ3v) is 8.63. The number of ether oxygens (including phenoxy) is 1. The molecule has 2 aliphatic rings. The van der Waals surface area contributed by atoms with Crippen molar-refractivity contribution in [2.45, 2.75) is 59.2 Å². The van der Waals surface area contributed by atoms with Crippen LogP contribution < -0.4 is 15.8 Å². The molecular weight excluding hydrogens is 643 g/mol. The summed E-state index contributed by atoms with van der Waals surface area (Å²) in [6.45, 7) is 6.70. The molecule has 0 unspecified atom stereocenters. The second-order valence-electron chi connectivity index (χ2n) is 11.8. The minimum absolute atomic E-state index is 0.0000381. The van der Waals surface area contributed by atoms with Crippen molar-refractivity contribution in [3.8, 4) is 0 Å². The molecule has 4 aromatic heterocycles. The largest absolute Gasteiger partial charge is 0.490 e. The summed E-state index contributed by atoms with van der Waals surface area (Å²) >= 11 is 0. The maximum atomic E-state index is 14.2. The Kier molecular flexibility index (Phi) is 9.39. The minimum Gasteiger partial charge on any atom is -0.490 e. The normalized spacial score (nSPS) is 15.3. The Morgan fingerprint density at radius 2 is 1.82 bits per heavy atom. The lowest BCUT2D eigenvalue weighted by Gasteiger charge is -2.36. The van der Waals surface area contributed by atoms with Crippen molar-refractivity contribution in [2.75, 3.05) is 43.0 Å². The lowest BCUT2D eigenvalue weighted by atomic mass is 10.1. The second kappa shape index (κ2) is 13.7. The number of halogens is 3. The van der Waals surface area contributed by atoms with Crippen LogP contribution in [0.25, 0.3) is 11.5 Å². The highest BCUT2D eigenvalue weighted by atomic mass is 19.4. The molecule has 6 heterocycles. The van der Waals surface area contributed by atoms with Gasteiger partial charge in [-0.2, -0.15) is 22.7 Å². The number of allylic oxidation sites excluding steroid dienone is 1. The first-order chi connectivity index (χ1) is 23.5. The number of alkyl halides is 3. The minimum atomic E-state index is -4.63. The van der Waals surface area contributed by atoms with Gasteiger partial charge in [-0.1, -0.05) is 19.9 Å². The average molecular weight is 680 g/mol. The summed E-state index contributed by atoms with van der Waals surface area (Å²) < 4.78 is 48.0. The van der Waals surface area contributed by atoms with E-state index in [4.69, 9.17) is 4.74 Å². The van der Waals surface area contributed by atoms with Gasteiger partial charge in [0.25, 0.3) is 11.5 Å². The Morgan fingerprint density at radius 3 is 2.47 bits per heavy atom. The van der Waals surface area contributed by atoms with Crippen LogP contribution >= 0.6 is 0 Å². The molecule has 4 aromatic rings. The SMILES string of the molecule is CCc1cccnc1C(=O)N1CCN(c2c(CC)n(CC(=O)Nc3ccc(C(F)(F)F)nc3C)c3nc(C4=CCCCO4)nn3c2=O)CC1. The van der Waals surface area contributed by atoms with Gasteiger partial charge in [0, 0.05) is 32.4 Å². The number of carbonyl (C=O) groups excluding carboxylic acids is 2. The number of anilines is 2. The Morgan fingerprint density at radius 1 is 1.04 bits per heavy atom. The van der Waals surface area contributed by atoms with Crippen LogP contribution in [-0.4, -0.2) is 78.6 Å². The molecule has 0 radical (unpaired) electrons. The molecule has 0 bridgehead atoms. The van der Waals surface area contributed by atoms with E-state index >= 15 is 0 Å². The molecule has 1 fully saturated rings. The van der Waals surface area contributed by atoms with Gasteiger partial charge in [0.05, 0.1) is 23.7 Å². The zero-order chi connectivity index (χ0) is 34.9. The number of amides is 2. The summed E-state index contributed by atoms with van der Waals surface area (Å²) in [4.78, 5) is 57.2. The molecule has 13 nitrogen and oxygen atoms in total. The van der Waals surface area contributed by atoms with Gasteiger partial charge in [-0.15, -0.1) is 5.10 Å². The summed E-state index contributed by atoms with van der Waals surface area (Å²) in [5.74, 6) is 0.0113. The Hall–Kier alpha value is -5.28. The molecule has 0 atom stereocenters. The average Bonchev–Trinajstić information content (AvgIpc) is 3.56. The molecule has 1 saturated heterocycles. The van der Waals surface area contributed by atoms with Crippen LogP contribution in [0.5, 0.6) is 0 Å². The van der Waals surface area contributed by atoms with Gasteiger partial charge >= 0.3 is 6.18 Å². The van der Waals surface area contributed by atoms with Gasteiger partial charge < -0.3 is 24.4 Å². The number of aryl methyl sites for hydroxylation is 2. The van der Waals surface area contributed by atoms with Gasteiger partial charge in [0.15, 0.2) is 5.76 Å². The van der Waals surface area contributed by atoms with Gasteiger partial charge in [0.1, 0.15) is 23.6 Å². The Labute approximate surface area is 279 Å². The van der Waals surface area contributed by atoms with Gasteiger partial charge in [-0.25, -0.2) is 4.98 Å². The molecule has 258 valence electrons. The molecule has 6 rings (SSSR count). The molecule has 0 spiro atoms. The summed E-state index contributed by atoms with van der Waals surface area (Å²) in [5.41, 5.74) is 0.738. The predicted octanol–water partition coefficient (Wildman–Crippen LogP) is 3.89. The number of aromatic nitrogens is 6. The van der Waals surface area contributed by atoms with Crippen LogP contribution in [0.4, 0.5) is 24.5 Å². The van der Waals surface area contributed by atoms with Crippen LogP contribution in [-0.2, 0) is 35.1 Å². The summed E-state index contributed by atoms with van der Waals surface area (Å²) in [6, 6.07) is 5.65. The predicted molar refractivity (Wildman–Crippen MR) is 174 cm³/mol. The van der Waals surface area contributed by atoms with Crippen LogP contribution in [0, 0.1) is 6.92 Å². The molecule has 49 heavy (non-hydrogen) atoms. The Bertz CT molecular complexity index is 2000. The molecule has 2 aliphatic heterocycles. The fourth-order valence-corrected chi connectivity index (χ4v) is 6.13. The quantitative estimate of drug-likeness (QED) is 0.294. The number of hydrogen-bond acceptors (Lipinski definition) is 9. The van der Waals surface area contributed by atoms with E-state index in [1.165, 1.54) is 6.92 Å². The van der Waals surface area contributed by atoms with Crippen molar-refractivity contribution in [3.63, 3.8) is 0 Å². The van der Waals surface area contributed by atoms with E-state index in [1.807, 2.05) is 30.9 Å². The number of nitrogens with zero attached hydrogens (tertiary/aromatic N) is 8.